The molecule has 134 valence electrons. The van der Waals surface area contributed by atoms with E-state index in [-0.39, 0.29) is 18.6 Å². The van der Waals surface area contributed by atoms with E-state index >= 15 is 0 Å². The van der Waals surface area contributed by atoms with Crippen molar-refractivity contribution in [1.29, 1.82) is 0 Å². The molecule has 3 aliphatic heterocycles. The highest BCUT2D eigenvalue weighted by atomic mass is 16.7. The van der Waals surface area contributed by atoms with E-state index in [1.54, 1.807) is 6.20 Å². The summed E-state index contributed by atoms with van der Waals surface area (Å²) in [6.45, 7) is 4.04. The van der Waals surface area contributed by atoms with Crippen LogP contribution in [0, 0.1) is 5.41 Å². The minimum atomic E-state index is -1.61. The zero-order chi connectivity index (χ0) is 18.0. The van der Waals surface area contributed by atoms with Gasteiger partial charge in [0.1, 0.15) is 0 Å². The highest BCUT2D eigenvalue weighted by Gasteiger charge is 2.65. The van der Waals surface area contributed by atoms with Crippen LogP contribution in [0.1, 0.15) is 19.4 Å². The molecule has 0 aromatic carbocycles. The Labute approximate surface area is 143 Å². The quantitative estimate of drug-likeness (QED) is 0.451. The fourth-order valence-electron chi connectivity index (χ4n) is 3.84. The first-order valence-electron chi connectivity index (χ1n) is 8.13. The molecule has 1 aromatic heterocycles. The minimum Gasteiger partial charge on any atom is -0.422 e. The van der Waals surface area contributed by atoms with E-state index in [9.17, 15) is 14.4 Å². The average Bonchev–Trinajstić information content (AvgIpc) is 2.55. The fourth-order valence-corrected chi connectivity index (χ4v) is 3.84. The Morgan fingerprint density at radius 2 is 1.88 bits per heavy atom. The minimum absolute atomic E-state index is 0.0875. The lowest BCUT2D eigenvalue weighted by Crippen LogP contribution is -2.69. The molecule has 4 rings (SSSR count). The lowest BCUT2D eigenvalue weighted by Gasteiger charge is -2.52. The van der Waals surface area contributed by atoms with Gasteiger partial charge in [0.2, 0.25) is 0 Å². The third kappa shape index (κ3) is 2.11. The molecule has 0 bridgehead atoms. The summed E-state index contributed by atoms with van der Waals surface area (Å²) in [5.41, 5.74) is -0.958. The number of carbonyl (C=O) groups excluding carboxylic acids is 2. The third-order valence-electron chi connectivity index (χ3n) is 5.08. The number of nitrogens with zero attached hydrogens (tertiary/aromatic N) is 3. The molecule has 0 amide bonds. The van der Waals surface area contributed by atoms with Crippen LogP contribution in [0.15, 0.2) is 11.0 Å². The van der Waals surface area contributed by atoms with Crippen molar-refractivity contribution in [3.05, 3.63) is 22.1 Å². The van der Waals surface area contributed by atoms with Crippen LogP contribution in [0.5, 0.6) is 0 Å². The smallest absolute Gasteiger partial charge is 0.329 e. The second-order valence-electron chi connectivity index (χ2n) is 7.05. The molecule has 0 saturated carbocycles. The SMILES string of the molecule is Cn1ncc2c(c1=O)CC1(C(=O)OC(C)(C)OC1=O)C1COCCN21. The van der Waals surface area contributed by atoms with Crippen molar-refractivity contribution in [2.45, 2.75) is 32.1 Å². The van der Waals surface area contributed by atoms with E-state index in [4.69, 9.17) is 14.2 Å². The molecular formula is C16H19N3O6. The maximum atomic E-state index is 12.9. The van der Waals surface area contributed by atoms with Gasteiger partial charge in [0.05, 0.1) is 31.1 Å². The van der Waals surface area contributed by atoms with Crippen molar-refractivity contribution in [2.24, 2.45) is 12.5 Å². The maximum Gasteiger partial charge on any atom is 0.329 e. The van der Waals surface area contributed by atoms with Crippen LogP contribution in [0.4, 0.5) is 5.69 Å². The average molecular weight is 349 g/mol. The maximum absolute atomic E-state index is 12.9. The lowest BCUT2D eigenvalue weighted by atomic mass is 9.70. The van der Waals surface area contributed by atoms with Crippen LogP contribution in [-0.4, -0.2) is 53.3 Å². The van der Waals surface area contributed by atoms with Gasteiger partial charge in [-0.15, -0.1) is 0 Å². The zero-order valence-corrected chi connectivity index (χ0v) is 14.3. The first-order chi connectivity index (χ1) is 11.8. The monoisotopic (exact) mass is 349 g/mol. The van der Waals surface area contributed by atoms with Gasteiger partial charge in [-0.3, -0.25) is 14.4 Å². The van der Waals surface area contributed by atoms with Crippen LogP contribution in [0.2, 0.25) is 0 Å². The molecule has 0 radical (unpaired) electrons. The van der Waals surface area contributed by atoms with E-state index < -0.39 is 29.2 Å². The zero-order valence-electron chi connectivity index (χ0n) is 14.3. The van der Waals surface area contributed by atoms with Gasteiger partial charge in [-0.1, -0.05) is 0 Å². The van der Waals surface area contributed by atoms with Gasteiger partial charge >= 0.3 is 11.9 Å². The predicted molar refractivity (Wildman–Crippen MR) is 83.8 cm³/mol. The summed E-state index contributed by atoms with van der Waals surface area (Å²) >= 11 is 0. The molecule has 9 heteroatoms. The Hall–Kier alpha value is -2.42. The number of cyclic esters (lactones) is 2. The Morgan fingerprint density at radius 1 is 1.20 bits per heavy atom. The predicted octanol–water partition coefficient (Wildman–Crippen LogP) is -0.636. The van der Waals surface area contributed by atoms with Gasteiger partial charge in [0.25, 0.3) is 11.3 Å². The molecule has 2 fully saturated rings. The lowest BCUT2D eigenvalue weighted by molar-refractivity contribution is -0.254. The fraction of sp³-hybridized carbons (Fsp3) is 0.625. The van der Waals surface area contributed by atoms with Gasteiger partial charge in [0.15, 0.2) is 5.41 Å². The second kappa shape index (κ2) is 5.04. The molecule has 2 saturated heterocycles. The molecule has 0 aliphatic carbocycles. The van der Waals surface area contributed by atoms with Crippen molar-refractivity contribution in [2.75, 3.05) is 24.7 Å². The van der Waals surface area contributed by atoms with Crippen LogP contribution in [0.3, 0.4) is 0 Å². The molecule has 4 heterocycles. The normalized spacial score (nSPS) is 26.5. The van der Waals surface area contributed by atoms with Crippen molar-refractivity contribution < 1.29 is 23.8 Å². The number of morpholine rings is 1. The van der Waals surface area contributed by atoms with E-state index in [1.807, 2.05) is 4.90 Å². The number of esters is 2. The Kier molecular flexibility index (Phi) is 3.24. The molecule has 0 N–H and O–H groups in total. The topological polar surface area (TPSA) is 100.0 Å². The van der Waals surface area contributed by atoms with Crippen LogP contribution >= 0.6 is 0 Å². The molecule has 3 aliphatic rings. The number of fused-ring (bicyclic) bond motifs is 4. The molecule has 1 atom stereocenters. The molecular weight excluding hydrogens is 330 g/mol. The van der Waals surface area contributed by atoms with Crippen molar-refractivity contribution in [1.82, 2.24) is 9.78 Å². The first kappa shape index (κ1) is 16.1. The van der Waals surface area contributed by atoms with Crippen molar-refractivity contribution in [3.63, 3.8) is 0 Å². The number of hydrogen-bond donors (Lipinski definition) is 0. The standard InChI is InChI=1S/C16H19N3O6/c1-15(2)24-13(21)16(14(22)25-15)6-9-10(7-17-18(3)12(9)20)19-4-5-23-8-11(16)19/h7,11H,4-6,8H2,1-3H3. The number of aryl methyl sites for hydroxylation is 1. The molecule has 25 heavy (non-hydrogen) atoms. The van der Waals surface area contributed by atoms with Gasteiger partial charge < -0.3 is 19.1 Å². The molecule has 1 unspecified atom stereocenters. The van der Waals surface area contributed by atoms with Crippen LogP contribution < -0.4 is 10.5 Å². The summed E-state index contributed by atoms with van der Waals surface area (Å²) in [6.07, 6.45) is 1.50. The van der Waals surface area contributed by atoms with E-state index in [0.717, 1.165) is 0 Å². The number of carbonyl (C=O) groups is 2. The molecule has 1 aromatic rings. The summed E-state index contributed by atoms with van der Waals surface area (Å²) in [5.74, 6) is -2.69. The summed E-state index contributed by atoms with van der Waals surface area (Å²) in [6, 6.07) is -0.598. The Bertz CT molecular complexity index is 810. The van der Waals surface area contributed by atoms with Crippen LogP contribution in [0.25, 0.3) is 0 Å². The number of rotatable bonds is 0. The van der Waals surface area contributed by atoms with Gasteiger partial charge in [0, 0.05) is 39.4 Å². The third-order valence-corrected chi connectivity index (χ3v) is 5.08. The summed E-state index contributed by atoms with van der Waals surface area (Å²) in [5, 5.41) is 4.07. The summed E-state index contributed by atoms with van der Waals surface area (Å²) < 4.78 is 17.5. The van der Waals surface area contributed by atoms with Gasteiger partial charge in [-0.2, -0.15) is 5.10 Å². The van der Waals surface area contributed by atoms with Crippen molar-refractivity contribution >= 4 is 17.6 Å². The van der Waals surface area contributed by atoms with E-state index in [0.29, 0.717) is 24.4 Å². The van der Waals surface area contributed by atoms with E-state index in [2.05, 4.69) is 5.10 Å². The van der Waals surface area contributed by atoms with Gasteiger partial charge in [-0.05, 0) is 0 Å². The number of aromatic nitrogens is 2. The Balaban J connectivity index is 1.92. The number of hydrogen-bond acceptors (Lipinski definition) is 8. The molecule has 1 spiro atoms. The van der Waals surface area contributed by atoms with Crippen molar-refractivity contribution in [3.8, 4) is 0 Å². The van der Waals surface area contributed by atoms with Crippen LogP contribution in [-0.2, 0) is 37.3 Å². The van der Waals surface area contributed by atoms with E-state index in [1.165, 1.54) is 25.6 Å². The highest BCUT2D eigenvalue weighted by molar-refractivity contribution is 6.04. The second-order valence-corrected chi connectivity index (χ2v) is 7.05. The largest absolute Gasteiger partial charge is 0.422 e. The number of anilines is 1. The summed E-state index contributed by atoms with van der Waals surface area (Å²) in [7, 11) is 1.53. The molecule has 9 nitrogen and oxygen atoms in total. The Morgan fingerprint density at radius 3 is 2.56 bits per heavy atom. The number of ether oxygens (including phenoxy) is 3. The van der Waals surface area contributed by atoms with Gasteiger partial charge in [-0.25, -0.2) is 4.68 Å². The highest BCUT2D eigenvalue weighted by Crippen LogP contribution is 2.46. The summed E-state index contributed by atoms with van der Waals surface area (Å²) in [4.78, 5) is 40.3. The first-order valence-corrected chi connectivity index (χ1v) is 8.13.